The number of carbonyl (C=O) groups is 1. The zero-order valence-electron chi connectivity index (χ0n) is 23.3. The molecule has 2 atom stereocenters. The van der Waals surface area contributed by atoms with Gasteiger partial charge in [0.2, 0.25) is 10.0 Å². The average Bonchev–Trinajstić information content (AvgIpc) is 3.53. The third kappa shape index (κ3) is 4.92. The first-order chi connectivity index (χ1) is 18.9. The molecular weight excluding hydrogens is 526 g/mol. The van der Waals surface area contributed by atoms with Crippen molar-refractivity contribution in [3.8, 4) is 16.9 Å². The van der Waals surface area contributed by atoms with Crippen LogP contribution in [0.2, 0.25) is 0 Å². The fourth-order valence-corrected chi connectivity index (χ4v) is 6.61. The third-order valence-electron chi connectivity index (χ3n) is 8.16. The molecule has 0 radical (unpaired) electrons. The predicted molar refractivity (Wildman–Crippen MR) is 158 cm³/mol. The lowest BCUT2D eigenvalue weighted by Crippen LogP contribution is -2.38. The Morgan fingerprint density at radius 3 is 2.48 bits per heavy atom. The van der Waals surface area contributed by atoms with E-state index in [9.17, 15) is 18.3 Å². The summed E-state index contributed by atoms with van der Waals surface area (Å²) in [5, 5.41) is 10.1. The van der Waals surface area contributed by atoms with Crippen molar-refractivity contribution in [3.05, 3.63) is 71.3 Å². The molecule has 3 aromatic rings. The van der Waals surface area contributed by atoms with Gasteiger partial charge in [0.05, 0.1) is 30.7 Å². The second kappa shape index (κ2) is 9.52. The second-order valence-electron chi connectivity index (χ2n) is 12.1. The Balaban J connectivity index is 1.33. The van der Waals surface area contributed by atoms with Gasteiger partial charge in [0.1, 0.15) is 5.75 Å². The lowest BCUT2D eigenvalue weighted by molar-refractivity contribution is 0.0979. The number of ether oxygens (including phenoxy) is 1. The Bertz CT molecular complexity index is 1610. The summed E-state index contributed by atoms with van der Waals surface area (Å²) in [6, 6.07) is 17.7. The van der Waals surface area contributed by atoms with Crippen LogP contribution in [0.15, 0.2) is 54.6 Å². The summed E-state index contributed by atoms with van der Waals surface area (Å²) in [5.41, 5.74) is 6.97. The molecule has 2 bridgehead atoms. The van der Waals surface area contributed by atoms with Gasteiger partial charge in [0, 0.05) is 35.6 Å². The van der Waals surface area contributed by atoms with Gasteiger partial charge in [-0.3, -0.25) is 9.52 Å². The highest BCUT2D eigenvalue weighted by Gasteiger charge is 2.40. The van der Waals surface area contributed by atoms with E-state index in [1.807, 2.05) is 12.1 Å². The number of anilines is 3. The van der Waals surface area contributed by atoms with Gasteiger partial charge >= 0.3 is 0 Å². The summed E-state index contributed by atoms with van der Waals surface area (Å²) in [5.74, 6) is -0.351. The van der Waals surface area contributed by atoms with Crippen molar-refractivity contribution in [2.75, 3.05) is 40.5 Å². The van der Waals surface area contributed by atoms with E-state index >= 15 is 0 Å². The van der Waals surface area contributed by atoms with Crippen LogP contribution in [0.5, 0.6) is 5.75 Å². The van der Waals surface area contributed by atoms with Crippen LogP contribution in [0.4, 0.5) is 17.1 Å². The highest BCUT2D eigenvalue weighted by Crippen LogP contribution is 2.42. The molecule has 3 aliphatic heterocycles. The topological polar surface area (TPSA) is 99.2 Å². The Labute approximate surface area is 235 Å². The molecular formula is C31H35N3O5S. The van der Waals surface area contributed by atoms with Crippen molar-refractivity contribution in [3.63, 3.8) is 0 Å². The van der Waals surface area contributed by atoms with Crippen molar-refractivity contribution in [1.29, 1.82) is 0 Å². The maximum atomic E-state index is 13.6. The van der Waals surface area contributed by atoms with E-state index in [0.717, 1.165) is 42.5 Å². The Morgan fingerprint density at radius 2 is 1.80 bits per heavy atom. The van der Waals surface area contributed by atoms with Gasteiger partial charge in [-0.1, -0.05) is 45.0 Å². The van der Waals surface area contributed by atoms with Gasteiger partial charge in [0.15, 0.2) is 0 Å². The van der Waals surface area contributed by atoms with Crippen molar-refractivity contribution in [1.82, 2.24) is 0 Å². The number of fused-ring (bicyclic) bond motifs is 3. The molecule has 1 amide bonds. The quantitative estimate of drug-likeness (QED) is 0.430. The number of phenols is 1. The van der Waals surface area contributed by atoms with Gasteiger partial charge in [-0.05, 0) is 65.3 Å². The highest BCUT2D eigenvalue weighted by molar-refractivity contribution is 7.92. The standard InChI is InChI=1S/C31H35N3O5S/c1-31(2,3)21-6-9-25(28(14-21)34-17-24-15-23(34)18-39-24)19-5-8-26-20(13-19)11-12-33(30(26)36)22-7-10-29(35)27(16-22)32-40(4,37)38/h5-10,13-14,16,23-24,32,35H,11-12,15,17-18H2,1-4H3/t23-,24-/m1/s1. The van der Waals surface area contributed by atoms with E-state index < -0.39 is 10.0 Å². The number of sulfonamides is 1. The van der Waals surface area contributed by atoms with Crippen LogP contribution in [-0.4, -0.2) is 57.5 Å². The van der Waals surface area contributed by atoms with Crippen LogP contribution in [0, 0.1) is 0 Å². The predicted octanol–water partition coefficient (Wildman–Crippen LogP) is 4.91. The molecule has 2 N–H and O–H groups in total. The first-order valence-electron chi connectivity index (χ1n) is 13.7. The molecule has 6 rings (SSSR count). The summed E-state index contributed by atoms with van der Waals surface area (Å²) in [7, 11) is -3.59. The monoisotopic (exact) mass is 561 g/mol. The van der Waals surface area contributed by atoms with Crippen molar-refractivity contribution < 1.29 is 23.1 Å². The molecule has 0 saturated carbocycles. The highest BCUT2D eigenvalue weighted by atomic mass is 32.2. The molecule has 210 valence electrons. The van der Waals surface area contributed by atoms with Crippen LogP contribution in [0.1, 0.15) is 48.7 Å². The van der Waals surface area contributed by atoms with Gasteiger partial charge in [-0.25, -0.2) is 8.42 Å². The van der Waals surface area contributed by atoms with Crippen molar-refractivity contribution in [2.24, 2.45) is 0 Å². The molecule has 8 nitrogen and oxygen atoms in total. The maximum absolute atomic E-state index is 13.6. The van der Waals surface area contributed by atoms with Crippen LogP contribution in [0.25, 0.3) is 11.1 Å². The van der Waals surface area contributed by atoms with Crippen LogP contribution >= 0.6 is 0 Å². The molecule has 3 aromatic carbocycles. The molecule has 40 heavy (non-hydrogen) atoms. The number of carbonyl (C=O) groups excluding carboxylic acids is 1. The first-order valence-corrected chi connectivity index (χ1v) is 15.6. The largest absolute Gasteiger partial charge is 0.506 e. The molecule has 0 unspecified atom stereocenters. The zero-order chi connectivity index (χ0) is 28.4. The summed E-state index contributed by atoms with van der Waals surface area (Å²) in [6.07, 6.45) is 3.02. The SMILES string of the molecule is CC(C)(C)c1ccc(-c2ccc3c(c2)CCN(c2ccc(O)c(NS(C)(=O)=O)c2)C3=O)c(N2C[C@H]3C[C@@H]2CO3)c1. The fraction of sp³-hybridized carbons (Fsp3) is 0.387. The van der Waals surface area contributed by atoms with E-state index in [4.69, 9.17) is 4.74 Å². The molecule has 2 saturated heterocycles. The normalized spacial score (nSPS) is 20.6. The van der Waals surface area contributed by atoms with Crippen molar-refractivity contribution >= 4 is 33.0 Å². The third-order valence-corrected chi connectivity index (χ3v) is 8.75. The first kappa shape index (κ1) is 26.7. The molecule has 0 spiro atoms. The Hall–Kier alpha value is -3.56. The van der Waals surface area contributed by atoms with Gasteiger partial charge in [0.25, 0.3) is 5.91 Å². The zero-order valence-corrected chi connectivity index (χ0v) is 24.1. The van der Waals surface area contributed by atoms with E-state index in [1.54, 1.807) is 11.0 Å². The summed E-state index contributed by atoms with van der Waals surface area (Å²) < 4.78 is 31.6. The number of benzene rings is 3. The fourth-order valence-electron chi connectivity index (χ4n) is 6.05. The lowest BCUT2D eigenvalue weighted by atomic mass is 9.84. The van der Waals surface area contributed by atoms with Crippen molar-refractivity contribution in [2.45, 2.75) is 51.2 Å². The number of phenolic OH excluding ortho intramolecular Hbond substituents is 1. The Morgan fingerprint density at radius 1 is 1.02 bits per heavy atom. The lowest BCUT2D eigenvalue weighted by Gasteiger charge is -2.33. The molecule has 0 aromatic heterocycles. The minimum Gasteiger partial charge on any atom is -0.506 e. The molecule has 3 aliphatic rings. The summed E-state index contributed by atoms with van der Waals surface area (Å²) in [6.45, 7) is 8.80. The second-order valence-corrected chi connectivity index (χ2v) is 13.9. The number of hydrogen-bond acceptors (Lipinski definition) is 6. The number of nitrogens with one attached hydrogen (secondary N) is 1. The average molecular weight is 562 g/mol. The number of amides is 1. The van der Waals surface area contributed by atoms with E-state index in [2.05, 4.69) is 54.7 Å². The number of hydrogen-bond donors (Lipinski definition) is 2. The van der Waals surface area contributed by atoms with Crippen LogP contribution in [-0.2, 0) is 26.6 Å². The number of nitrogens with zero attached hydrogens (tertiary/aromatic N) is 2. The van der Waals surface area contributed by atoms with E-state index in [-0.39, 0.29) is 28.9 Å². The molecule has 9 heteroatoms. The number of morpholine rings is 1. The van der Waals surface area contributed by atoms with Gasteiger partial charge in [-0.15, -0.1) is 0 Å². The summed E-state index contributed by atoms with van der Waals surface area (Å²) >= 11 is 0. The molecule has 2 fully saturated rings. The van der Waals surface area contributed by atoms with Crippen LogP contribution < -0.4 is 14.5 Å². The van der Waals surface area contributed by atoms with Gasteiger partial charge < -0.3 is 19.6 Å². The smallest absolute Gasteiger partial charge is 0.258 e. The summed E-state index contributed by atoms with van der Waals surface area (Å²) in [4.78, 5) is 17.7. The minimum absolute atomic E-state index is 0.0270. The Kier molecular flexibility index (Phi) is 6.34. The molecule has 3 heterocycles. The van der Waals surface area contributed by atoms with E-state index in [0.29, 0.717) is 30.3 Å². The molecule has 0 aliphatic carbocycles. The number of rotatable bonds is 5. The minimum atomic E-state index is -3.59. The van der Waals surface area contributed by atoms with Crippen LogP contribution in [0.3, 0.4) is 0 Å². The van der Waals surface area contributed by atoms with Gasteiger partial charge in [-0.2, -0.15) is 0 Å². The van der Waals surface area contributed by atoms with E-state index in [1.165, 1.54) is 23.4 Å². The number of aromatic hydroxyl groups is 1. The maximum Gasteiger partial charge on any atom is 0.258 e.